The van der Waals surface area contributed by atoms with E-state index in [1.165, 1.54) is 0 Å². The van der Waals surface area contributed by atoms with Gasteiger partial charge >= 0.3 is 6.09 Å². The number of halogens is 1. The standard InChI is InChI=1S/C14H19ClN2O2/c1-14(2,3)19-13(18)17-8-4-5-10-6-7-11(15)9-12(10)16/h4-7,9H,8,16H2,1-3H3,(H,17,18). The highest BCUT2D eigenvalue weighted by Gasteiger charge is 2.14. The van der Waals surface area contributed by atoms with Gasteiger partial charge in [0, 0.05) is 17.3 Å². The lowest BCUT2D eigenvalue weighted by molar-refractivity contribution is 0.0534. The van der Waals surface area contributed by atoms with Crippen molar-refractivity contribution < 1.29 is 9.53 Å². The third-order valence-corrected chi connectivity index (χ3v) is 2.34. The van der Waals surface area contributed by atoms with Crippen LogP contribution in [0.2, 0.25) is 5.02 Å². The Labute approximate surface area is 118 Å². The molecular formula is C14H19ClN2O2. The number of hydrogen-bond acceptors (Lipinski definition) is 3. The van der Waals surface area contributed by atoms with Crippen molar-refractivity contribution in [2.24, 2.45) is 0 Å². The first kappa shape index (κ1) is 15.4. The molecule has 0 aliphatic heterocycles. The molecule has 0 radical (unpaired) electrons. The van der Waals surface area contributed by atoms with Crippen LogP contribution in [-0.2, 0) is 4.74 Å². The minimum absolute atomic E-state index is 0.372. The van der Waals surface area contributed by atoms with Crippen LogP contribution >= 0.6 is 11.6 Å². The van der Waals surface area contributed by atoms with Crippen LogP contribution in [0.15, 0.2) is 24.3 Å². The van der Waals surface area contributed by atoms with E-state index in [1.54, 1.807) is 18.2 Å². The smallest absolute Gasteiger partial charge is 0.407 e. The summed E-state index contributed by atoms with van der Waals surface area (Å²) in [6.45, 7) is 5.82. The molecule has 5 heteroatoms. The van der Waals surface area contributed by atoms with Crippen LogP contribution in [0.1, 0.15) is 26.3 Å². The summed E-state index contributed by atoms with van der Waals surface area (Å²) in [5.41, 5.74) is 6.76. The summed E-state index contributed by atoms with van der Waals surface area (Å²) in [6, 6.07) is 5.27. The molecule has 104 valence electrons. The molecule has 0 saturated carbocycles. The van der Waals surface area contributed by atoms with Crippen molar-refractivity contribution >= 4 is 29.5 Å². The van der Waals surface area contributed by atoms with Crippen molar-refractivity contribution in [3.05, 3.63) is 34.9 Å². The molecule has 0 heterocycles. The molecule has 0 aliphatic carbocycles. The third kappa shape index (κ3) is 6.15. The van der Waals surface area contributed by atoms with Crippen LogP contribution < -0.4 is 11.1 Å². The second-order valence-electron chi connectivity index (χ2n) is 5.06. The zero-order valence-electron chi connectivity index (χ0n) is 11.4. The highest BCUT2D eigenvalue weighted by molar-refractivity contribution is 6.30. The minimum Gasteiger partial charge on any atom is -0.444 e. The predicted molar refractivity (Wildman–Crippen MR) is 79.1 cm³/mol. The van der Waals surface area contributed by atoms with E-state index >= 15 is 0 Å². The zero-order valence-corrected chi connectivity index (χ0v) is 12.1. The summed E-state index contributed by atoms with van der Waals surface area (Å²) in [4.78, 5) is 11.4. The summed E-state index contributed by atoms with van der Waals surface area (Å²) in [7, 11) is 0. The van der Waals surface area contributed by atoms with Crippen molar-refractivity contribution in [3.8, 4) is 0 Å². The van der Waals surface area contributed by atoms with Crippen molar-refractivity contribution in [1.29, 1.82) is 0 Å². The molecule has 1 aromatic carbocycles. The lowest BCUT2D eigenvalue weighted by atomic mass is 10.1. The van der Waals surface area contributed by atoms with Gasteiger partial charge < -0.3 is 15.8 Å². The normalized spacial score (nSPS) is 11.6. The summed E-state index contributed by atoms with van der Waals surface area (Å²) in [6.07, 6.45) is 3.17. The quantitative estimate of drug-likeness (QED) is 0.835. The second kappa shape index (κ2) is 6.48. The Morgan fingerprint density at radius 2 is 2.16 bits per heavy atom. The Hall–Kier alpha value is -1.68. The number of nitrogens with two attached hydrogens (primary N) is 1. The molecule has 0 unspecified atom stereocenters. The first-order chi connectivity index (χ1) is 8.78. The maximum Gasteiger partial charge on any atom is 0.407 e. The van der Waals surface area contributed by atoms with Gasteiger partial charge in [0.15, 0.2) is 0 Å². The number of carbonyl (C=O) groups is 1. The molecule has 0 aromatic heterocycles. The Bertz CT molecular complexity index is 479. The molecule has 19 heavy (non-hydrogen) atoms. The lowest BCUT2D eigenvalue weighted by Crippen LogP contribution is -2.32. The molecule has 0 aliphatic rings. The Balaban J connectivity index is 2.44. The molecule has 3 N–H and O–H groups in total. The predicted octanol–water partition coefficient (Wildman–Crippen LogP) is 3.46. The summed E-state index contributed by atoms with van der Waals surface area (Å²) in [5, 5.41) is 3.22. The van der Waals surface area contributed by atoms with Gasteiger partial charge in [0.2, 0.25) is 0 Å². The van der Waals surface area contributed by atoms with Gasteiger partial charge in [-0.15, -0.1) is 0 Å². The van der Waals surface area contributed by atoms with E-state index in [0.29, 0.717) is 17.3 Å². The number of nitrogens with one attached hydrogen (secondary N) is 1. The number of amides is 1. The maximum atomic E-state index is 11.4. The number of rotatable bonds is 3. The molecular weight excluding hydrogens is 264 g/mol. The van der Waals surface area contributed by atoms with E-state index in [4.69, 9.17) is 22.1 Å². The molecule has 1 aromatic rings. The highest BCUT2D eigenvalue weighted by Crippen LogP contribution is 2.18. The van der Waals surface area contributed by atoms with E-state index in [1.807, 2.05) is 32.9 Å². The summed E-state index contributed by atoms with van der Waals surface area (Å²) < 4.78 is 5.10. The van der Waals surface area contributed by atoms with Gasteiger partial charge in [-0.25, -0.2) is 4.79 Å². The topological polar surface area (TPSA) is 64.3 Å². The van der Waals surface area contributed by atoms with Crippen LogP contribution in [0, 0.1) is 0 Å². The number of ether oxygens (including phenoxy) is 1. The molecule has 1 amide bonds. The Kier molecular flexibility index (Phi) is 5.24. The van der Waals surface area contributed by atoms with Crippen LogP contribution in [0.4, 0.5) is 10.5 Å². The molecule has 0 spiro atoms. The van der Waals surface area contributed by atoms with Crippen LogP contribution in [-0.4, -0.2) is 18.2 Å². The average Bonchev–Trinajstić information content (AvgIpc) is 2.24. The Morgan fingerprint density at radius 3 is 2.74 bits per heavy atom. The monoisotopic (exact) mass is 282 g/mol. The van der Waals surface area contributed by atoms with E-state index in [2.05, 4.69) is 5.32 Å². The number of anilines is 1. The fraction of sp³-hybridized carbons (Fsp3) is 0.357. The lowest BCUT2D eigenvalue weighted by Gasteiger charge is -2.19. The molecule has 0 atom stereocenters. The highest BCUT2D eigenvalue weighted by atomic mass is 35.5. The van der Waals surface area contributed by atoms with Crippen molar-refractivity contribution in [2.45, 2.75) is 26.4 Å². The first-order valence-corrected chi connectivity index (χ1v) is 6.34. The molecule has 0 bridgehead atoms. The van der Waals surface area contributed by atoms with Gasteiger partial charge in [0.05, 0.1) is 0 Å². The summed E-state index contributed by atoms with van der Waals surface area (Å²) >= 11 is 5.80. The first-order valence-electron chi connectivity index (χ1n) is 5.96. The molecule has 0 saturated heterocycles. The number of nitrogen functional groups attached to an aromatic ring is 1. The average molecular weight is 283 g/mol. The van der Waals surface area contributed by atoms with Crippen molar-refractivity contribution in [1.82, 2.24) is 5.32 Å². The van der Waals surface area contributed by atoms with E-state index < -0.39 is 11.7 Å². The number of carbonyl (C=O) groups excluding carboxylic acids is 1. The van der Waals surface area contributed by atoms with Crippen molar-refractivity contribution in [2.75, 3.05) is 12.3 Å². The second-order valence-corrected chi connectivity index (χ2v) is 5.49. The van der Waals surface area contributed by atoms with E-state index in [0.717, 1.165) is 5.56 Å². The van der Waals surface area contributed by atoms with Gasteiger partial charge in [-0.1, -0.05) is 29.8 Å². The van der Waals surface area contributed by atoms with Crippen LogP contribution in [0.25, 0.3) is 6.08 Å². The fourth-order valence-corrected chi connectivity index (χ4v) is 1.52. The molecule has 0 fully saturated rings. The third-order valence-electron chi connectivity index (χ3n) is 2.11. The molecule has 1 rings (SSSR count). The number of benzene rings is 1. The summed E-state index contributed by atoms with van der Waals surface area (Å²) in [5.74, 6) is 0. The molecule has 4 nitrogen and oxygen atoms in total. The van der Waals surface area contributed by atoms with Gasteiger partial charge in [-0.3, -0.25) is 0 Å². The van der Waals surface area contributed by atoms with E-state index in [9.17, 15) is 4.79 Å². The van der Waals surface area contributed by atoms with Gasteiger partial charge in [0.25, 0.3) is 0 Å². The maximum absolute atomic E-state index is 11.4. The van der Waals surface area contributed by atoms with E-state index in [-0.39, 0.29) is 0 Å². The largest absolute Gasteiger partial charge is 0.444 e. The van der Waals surface area contributed by atoms with Gasteiger partial charge in [0.1, 0.15) is 5.60 Å². The Morgan fingerprint density at radius 1 is 1.47 bits per heavy atom. The zero-order chi connectivity index (χ0) is 14.5. The van der Waals surface area contributed by atoms with Gasteiger partial charge in [-0.05, 0) is 38.5 Å². The van der Waals surface area contributed by atoms with Crippen molar-refractivity contribution in [3.63, 3.8) is 0 Å². The number of alkyl carbamates (subject to hydrolysis) is 1. The minimum atomic E-state index is -0.492. The van der Waals surface area contributed by atoms with Crippen LogP contribution in [0.5, 0.6) is 0 Å². The van der Waals surface area contributed by atoms with Crippen LogP contribution in [0.3, 0.4) is 0 Å². The fourth-order valence-electron chi connectivity index (χ4n) is 1.34. The number of hydrogen-bond donors (Lipinski definition) is 2. The van der Waals surface area contributed by atoms with Gasteiger partial charge in [-0.2, -0.15) is 0 Å². The SMILES string of the molecule is CC(C)(C)OC(=O)NCC=Cc1ccc(Cl)cc1N.